The van der Waals surface area contributed by atoms with Gasteiger partial charge in [-0.25, -0.2) is 14.2 Å². The first kappa shape index (κ1) is 18.5. The van der Waals surface area contributed by atoms with Crippen molar-refractivity contribution in [2.45, 2.75) is 43.9 Å². The molecule has 0 atom stereocenters. The minimum absolute atomic E-state index is 0.0276. The first-order valence-electron chi connectivity index (χ1n) is 8.73. The highest BCUT2D eigenvalue weighted by molar-refractivity contribution is 7.09. The SMILES string of the molecule is O=C(O)c1csc(CCNC(=O)C2(c3cccc(F)c3)CCCCC2)n1. The molecular weight excluding hydrogens is 355 g/mol. The second-order valence-electron chi connectivity index (χ2n) is 6.59. The lowest BCUT2D eigenvalue weighted by Crippen LogP contribution is -2.46. The molecule has 1 amide bonds. The molecule has 2 N–H and O–H groups in total. The van der Waals surface area contributed by atoms with Crippen molar-refractivity contribution in [2.24, 2.45) is 0 Å². The number of carbonyl (C=O) groups is 2. The van der Waals surface area contributed by atoms with Crippen LogP contribution < -0.4 is 5.32 Å². The van der Waals surface area contributed by atoms with E-state index in [1.165, 1.54) is 28.8 Å². The normalized spacial score (nSPS) is 16.2. The number of aromatic nitrogens is 1. The predicted octanol–water partition coefficient (Wildman–Crippen LogP) is 3.54. The van der Waals surface area contributed by atoms with Gasteiger partial charge < -0.3 is 10.4 Å². The summed E-state index contributed by atoms with van der Waals surface area (Å²) < 4.78 is 13.7. The van der Waals surface area contributed by atoms with Gasteiger partial charge >= 0.3 is 5.97 Å². The summed E-state index contributed by atoms with van der Waals surface area (Å²) in [6, 6.07) is 6.33. The third-order valence-corrected chi connectivity index (χ3v) is 5.82. The zero-order valence-electron chi connectivity index (χ0n) is 14.3. The largest absolute Gasteiger partial charge is 0.476 e. The summed E-state index contributed by atoms with van der Waals surface area (Å²) in [5.41, 5.74) is 0.0760. The van der Waals surface area contributed by atoms with Crippen LogP contribution in [0, 0.1) is 5.82 Å². The smallest absolute Gasteiger partial charge is 0.355 e. The van der Waals surface area contributed by atoms with Gasteiger partial charge in [0.1, 0.15) is 5.82 Å². The fraction of sp³-hybridized carbons (Fsp3) is 0.421. The highest BCUT2D eigenvalue weighted by Crippen LogP contribution is 2.40. The maximum Gasteiger partial charge on any atom is 0.355 e. The molecule has 0 saturated heterocycles. The van der Waals surface area contributed by atoms with Gasteiger partial charge in [-0.1, -0.05) is 31.4 Å². The number of nitrogens with zero attached hydrogens (tertiary/aromatic N) is 1. The molecule has 0 spiro atoms. The van der Waals surface area contributed by atoms with E-state index < -0.39 is 11.4 Å². The first-order valence-corrected chi connectivity index (χ1v) is 9.61. The summed E-state index contributed by atoms with van der Waals surface area (Å²) in [7, 11) is 0. The van der Waals surface area contributed by atoms with E-state index in [4.69, 9.17) is 5.11 Å². The molecule has 0 unspecified atom stereocenters. The second kappa shape index (κ2) is 7.95. The molecule has 7 heteroatoms. The molecular formula is C19H21FN2O3S. The van der Waals surface area contributed by atoms with Crippen molar-refractivity contribution in [1.82, 2.24) is 10.3 Å². The number of hydrogen-bond donors (Lipinski definition) is 2. The second-order valence-corrected chi connectivity index (χ2v) is 7.53. The van der Waals surface area contributed by atoms with Crippen LogP contribution >= 0.6 is 11.3 Å². The first-order chi connectivity index (χ1) is 12.5. The molecule has 0 aliphatic heterocycles. The van der Waals surface area contributed by atoms with Crippen LogP contribution in [0.25, 0.3) is 0 Å². The molecule has 3 rings (SSSR count). The van der Waals surface area contributed by atoms with Gasteiger partial charge in [-0.2, -0.15) is 0 Å². The Morgan fingerprint density at radius 2 is 2.04 bits per heavy atom. The molecule has 1 aromatic heterocycles. The van der Waals surface area contributed by atoms with Gasteiger partial charge in [0, 0.05) is 18.3 Å². The molecule has 0 bridgehead atoms. The van der Waals surface area contributed by atoms with Crippen LogP contribution in [-0.2, 0) is 16.6 Å². The van der Waals surface area contributed by atoms with Crippen molar-refractivity contribution in [1.29, 1.82) is 0 Å². The quantitative estimate of drug-likeness (QED) is 0.808. The summed E-state index contributed by atoms with van der Waals surface area (Å²) in [6.07, 6.45) is 4.87. The van der Waals surface area contributed by atoms with E-state index in [1.807, 2.05) is 6.07 Å². The van der Waals surface area contributed by atoms with Crippen molar-refractivity contribution in [3.05, 3.63) is 51.7 Å². The Bertz CT molecular complexity index is 800. The van der Waals surface area contributed by atoms with Crippen molar-refractivity contribution in [3.63, 3.8) is 0 Å². The number of thiazole rings is 1. The van der Waals surface area contributed by atoms with Crippen LogP contribution in [0.4, 0.5) is 4.39 Å². The molecule has 0 radical (unpaired) electrons. The number of rotatable bonds is 6. The standard InChI is InChI=1S/C19H21FN2O3S/c20-14-6-4-5-13(11-14)19(8-2-1-3-9-19)18(25)21-10-7-16-22-15(12-26-16)17(23)24/h4-6,11-12H,1-3,7-10H2,(H,21,25)(H,23,24). The minimum atomic E-state index is -1.05. The van der Waals surface area contributed by atoms with Gasteiger partial charge in [0.15, 0.2) is 5.69 Å². The molecule has 138 valence electrons. The minimum Gasteiger partial charge on any atom is -0.476 e. The number of amides is 1. The van der Waals surface area contributed by atoms with Crippen molar-refractivity contribution >= 4 is 23.2 Å². The Morgan fingerprint density at radius 3 is 2.69 bits per heavy atom. The van der Waals surface area contributed by atoms with E-state index in [9.17, 15) is 14.0 Å². The third-order valence-electron chi connectivity index (χ3n) is 4.91. The van der Waals surface area contributed by atoms with Gasteiger partial charge in [0.2, 0.25) is 5.91 Å². The monoisotopic (exact) mass is 376 g/mol. The van der Waals surface area contributed by atoms with E-state index in [2.05, 4.69) is 10.3 Å². The number of benzene rings is 1. The highest BCUT2D eigenvalue weighted by atomic mass is 32.1. The maximum absolute atomic E-state index is 13.7. The Kier molecular flexibility index (Phi) is 5.66. The lowest BCUT2D eigenvalue weighted by atomic mass is 9.68. The lowest BCUT2D eigenvalue weighted by Gasteiger charge is -2.36. The fourth-order valence-corrected chi connectivity index (χ4v) is 4.34. The molecule has 2 aromatic rings. The molecule has 1 heterocycles. The number of carbonyl (C=O) groups excluding carboxylic acids is 1. The summed E-state index contributed by atoms with van der Waals surface area (Å²) in [5, 5.41) is 14.0. The van der Waals surface area contributed by atoms with Crippen molar-refractivity contribution in [2.75, 3.05) is 6.54 Å². The van der Waals surface area contributed by atoms with Crippen LogP contribution in [0.3, 0.4) is 0 Å². The maximum atomic E-state index is 13.7. The number of hydrogen-bond acceptors (Lipinski definition) is 4. The number of halogens is 1. The predicted molar refractivity (Wildman–Crippen MR) is 97.0 cm³/mol. The van der Waals surface area contributed by atoms with E-state index in [1.54, 1.807) is 6.07 Å². The Hall–Kier alpha value is -2.28. The molecule has 1 fully saturated rings. The van der Waals surface area contributed by atoms with Gasteiger partial charge in [0.05, 0.1) is 10.4 Å². The molecule has 26 heavy (non-hydrogen) atoms. The molecule has 1 aliphatic carbocycles. The van der Waals surface area contributed by atoms with E-state index in [-0.39, 0.29) is 17.4 Å². The number of carboxylic acid groups (broad SMARTS) is 1. The number of nitrogens with one attached hydrogen (secondary N) is 1. The van der Waals surface area contributed by atoms with E-state index in [0.717, 1.165) is 24.8 Å². The molecule has 1 aromatic carbocycles. The summed E-state index contributed by atoms with van der Waals surface area (Å²) in [6.45, 7) is 0.377. The summed E-state index contributed by atoms with van der Waals surface area (Å²) in [5.74, 6) is -1.47. The Balaban J connectivity index is 1.69. The van der Waals surface area contributed by atoms with E-state index >= 15 is 0 Å². The Morgan fingerprint density at radius 1 is 1.27 bits per heavy atom. The zero-order valence-corrected chi connectivity index (χ0v) is 15.2. The molecule has 1 aliphatic rings. The summed E-state index contributed by atoms with van der Waals surface area (Å²) >= 11 is 1.27. The van der Waals surface area contributed by atoms with Crippen LogP contribution in [0.5, 0.6) is 0 Å². The third kappa shape index (κ3) is 3.93. The van der Waals surface area contributed by atoms with Crippen LogP contribution in [0.1, 0.15) is 53.2 Å². The zero-order chi connectivity index (χ0) is 18.6. The molecule has 1 saturated carbocycles. The average molecular weight is 376 g/mol. The lowest BCUT2D eigenvalue weighted by molar-refractivity contribution is -0.128. The van der Waals surface area contributed by atoms with Crippen LogP contribution in [-0.4, -0.2) is 28.5 Å². The van der Waals surface area contributed by atoms with Gasteiger partial charge in [0.25, 0.3) is 0 Å². The Labute approximate surface area is 155 Å². The van der Waals surface area contributed by atoms with Gasteiger partial charge in [-0.05, 0) is 30.5 Å². The summed E-state index contributed by atoms with van der Waals surface area (Å²) in [4.78, 5) is 27.9. The van der Waals surface area contributed by atoms with Crippen LogP contribution in [0.2, 0.25) is 0 Å². The number of aromatic carboxylic acids is 1. The molecule has 5 nitrogen and oxygen atoms in total. The average Bonchev–Trinajstić information content (AvgIpc) is 3.11. The van der Waals surface area contributed by atoms with Gasteiger partial charge in [-0.15, -0.1) is 11.3 Å². The van der Waals surface area contributed by atoms with E-state index in [0.29, 0.717) is 30.8 Å². The fourth-order valence-electron chi connectivity index (χ4n) is 3.56. The van der Waals surface area contributed by atoms with Gasteiger partial charge in [-0.3, -0.25) is 4.79 Å². The topological polar surface area (TPSA) is 79.3 Å². The number of carboxylic acids is 1. The van der Waals surface area contributed by atoms with Crippen molar-refractivity contribution in [3.8, 4) is 0 Å². The highest BCUT2D eigenvalue weighted by Gasteiger charge is 2.41. The van der Waals surface area contributed by atoms with Crippen LogP contribution in [0.15, 0.2) is 29.6 Å². The van der Waals surface area contributed by atoms with Crippen molar-refractivity contribution < 1.29 is 19.1 Å².